The lowest BCUT2D eigenvalue weighted by molar-refractivity contribution is 0.0574. The van der Waals surface area contributed by atoms with Crippen LogP contribution in [0.3, 0.4) is 0 Å². The van der Waals surface area contributed by atoms with Crippen molar-refractivity contribution < 1.29 is 9.47 Å². The van der Waals surface area contributed by atoms with Gasteiger partial charge in [-0.15, -0.1) is 0 Å². The molecule has 0 aliphatic heterocycles. The molecular formula is C25H28ClN3O3. The second-order valence-corrected chi connectivity index (χ2v) is 8.22. The van der Waals surface area contributed by atoms with Crippen LogP contribution in [0.5, 0.6) is 5.75 Å². The number of methoxy groups -OCH3 is 1. The van der Waals surface area contributed by atoms with Gasteiger partial charge in [0.2, 0.25) is 0 Å². The Bertz CT molecular complexity index is 1190. The molecule has 2 atom stereocenters. The van der Waals surface area contributed by atoms with Crippen molar-refractivity contribution in [3.05, 3.63) is 74.7 Å². The van der Waals surface area contributed by atoms with Crippen molar-refractivity contribution in [3.8, 4) is 17.1 Å². The van der Waals surface area contributed by atoms with Gasteiger partial charge in [-0.2, -0.15) is 0 Å². The maximum atomic E-state index is 13.6. The number of rotatable bonds is 7. The molecule has 0 saturated carbocycles. The number of aromatic nitrogens is 2. The van der Waals surface area contributed by atoms with Crippen LogP contribution in [0.25, 0.3) is 11.4 Å². The van der Waals surface area contributed by atoms with E-state index in [2.05, 4.69) is 17.4 Å². The van der Waals surface area contributed by atoms with Gasteiger partial charge in [-0.25, -0.2) is 4.98 Å². The number of nitrogens with one attached hydrogen (secondary N) is 1. The first-order valence-corrected chi connectivity index (χ1v) is 11.3. The maximum absolute atomic E-state index is 13.6. The third-order valence-corrected chi connectivity index (χ3v) is 6.26. The summed E-state index contributed by atoms with van der Waals surface area (Å²) in [7, 11) is 1.59. The van der Waals surface area contributed by atoms with Gasteiger partial charge >= 0.3 is 0 Å². The number of nitrogens with zero attached hydrogens (tertiary/aromatic N) is 2. The lowest BCUT2D eigenvalue weighted by atomic mass is 10.1. The van der Waals surface area contributed by atoms with Crippen LogP contribution in [-0.4, -0.2) is 29.4 Å². The Morgan fingerprint density at radius 3 is 2.69 bits per heavy atom. The average molecular weight is 454 g/mol. The highest BCUT2D eigenvalue weighted by molar-refractivity contribution is 6.33. The van der Waals surface area contributed by atoms with Crippen LogP contribution in [0.1, 0.15) is 36.7 Å². The van der Waals surface area contributed by atoms with E-state index in [1.54, 1.807) is 17.7 Å². The Hall–Kier alpha value is -2.83. The summed E-state index contributed by atoms with van der Waals surface area (Å²) in [5, 5.41) is 3.97. The van der Waals surface area contributed by atoms with Gasteiger partial charge < -0.3 is 14.8 Å². The first kappa shape index (κ1) is 22.4. The van der Waals surface area contributed by atoms with Crippen LogP contribution in [0, 0.1) is 6.92 Å². The Balaban J connectivity index is 1.77. The fraction of sp³-hybridized carbons (Fsp3) is 0.360. The number of aryl methyl sites for hydroxylation is 1. The number of ether oxygens (including phenoxy) is 2. The van der Waals surface area contributed by atoms with Gasteiger partial charge in [-0.3, -0.25) is 9.36 Å². The minimum absolute atomic E-state index is 0.0398. The topological polar surface area (TPSA) is 65.4 Å². The number of fused-ring (bicyclic) bond motifs is 1. The van der Waals surface area contributed by atoms with E-state index < -0.39 is 0 Å². The van der Waals surface area contributed by atoms with Gasteiger partial charge in [0.05, 0.1) is 30.0 Å². The van der Waals surface area contributed by atoms with Crippen molar-refractivity contribution in [1.82, 2.24) is 9.55 Å². The molecule has 1 aliphatic carbocycles. The second kappa shape index (κ2) is 9.35. The normalized spacial score (nSPS) is 17.3. The summed E-state index contributed by atoms with van der Waals surface area (Å²) in [6, 6.07) is 13.5. The zero-order valence-corrected chi connectivity index (χ0v) is 19.6. The molecule has 4 rings (SSSR count). The van der Waals surface area contributed by atoms with Crippen LogP contribution in [0.4, 0.5) is 5.69 Å². The summed E-state index contributed by atoms with van der Waals surface area (Å²) in [4.78, 5) is 18.4. The SMILES string of the molecule is CCOC1Cc2ccccc2C1Nc1c(C)nc(-c2ccc(OC)cc2Cl)n(CC)c1=O. The number of hydrogen-bond acceptors (Lipinski definition) is 5. The molecule has 1 aliphatic rings. The number of halogens is 1. The van der Waals surface area contributed by atoms with E-state index in [1.807, 2.05) is 45.0 Å². The highest BCUT2D eigenvalue weighted by Gasteiger charge is 2.34. The van der Waals surface area contributed by atoms with Crippen molar-refractivity contribution in [2.24, 2.45) is 0 Å². The molecule has 0 fully saturated rings. The summed E-state index contributed by atoms with van der Waals surface area (Å²) in [6.07, 6.45) is 0.775. The van der Waals surface area contributed by atoms with Crippen LogP contribution in [0.2, 0.25) is 5.02 Å². The van der Waals surface area contributed by atoms with Crippen molar-refractivity contribution in [2.45, 2.75) is 45.9 Å². The summed E-state index contributed by atoms with van der Waals surface area (Å²) >= 11 is 6.50. The quantitative estimate of drug-likeness (QED) is 0.544. The highest BCUT2D eigenvalue weighted by atomic mass is 35.5. The van der Waals surface area contributed by atoms with Gasteiger partial charge in [0, 0.05) is 25.1 Å². The zero-order chi connectivity index (χ0) is 22.8. The molecule has 0 radical (unpaired) electrons. The van der Waals surface area contributed by atoms with Gasteiger partial charge in [0.25, 0.3) is 5.56 Å². The Kier molecular flexibility index (Phi) is 6.53. The van der Waals surface area contributed by atoms with E-state index in [-0.39, 0.29) is 17.7 Å². The van der Waals surface area contributed by atoms with Crippen LogP contribution in [-0.2, 0) is 17.7 Å². The molecule has 7 heteroatoms. The van der Waals surface area contributed by atoms with Crippen molar-refractivity contribution >= 4 is 17.3 Å². The standard InChI is InChI=1S/C25H28ClN3O3/c1-5-29-24(19-12-11-17(31-4)14-20(19)26)27-15(3)22(25(29)30)28-23-18-10-8-7-9-16(18)13-21(23)32-6-2/h7-12,14,21,23,28H,5-6,13H2,1-4H3. The largest absolute Gasteiger partial charge is 0.497 e. The fourth-order valence-electron chi connectivity index (χ4n) is 4.38. The second-order valence-electron chi connectivity index (χ2n) is 7.81. The molecule has 0 spiro atoms. The van der Waals surface area contributed by atoms with E-state index in [0.29, 0.717) is 46.7 Å². The van der Waals surface area contributed by atoms with E-state index >= 15 is 0 Å². The van der Waals surface area contributed by atoms with Gasteiger partial charge in [0.15, 0.2) is 0 Å². The van der Waals surface area contributed by atoms with Gasteiger partial charge in [-0.05, 0) is 50.1 Å². The number of hydrogen-bond donors (Lipinski definition) is 1. The molecule has 0 amide bonds. The first-order chi connectivity index (χ1) is 15.5. The van der Waals surface area contributed by atoms with Crippen LogP contribution >= 0.6 is 11.6 Å². The minimum Gasteiger partial charge on any atom is -0.497 e. The predicted molar refractivity (Wildman–Crippen MR) is 128 cm³/mol. The van der Waals surface area contributed by atoms with Gasteiger partial charge in [-0.1, -0.05) is 35.9 Å². The van der Waals surface area contributed by atoms with Gasteiger partial charge in [0.1, 0.15) is 17.3 Å². The Morgan fingerprint density at radius 2 is 2.00 bits per heavy atom. The van der Waals surface area contributed by atoms with Crippen molar-refractivity contribution in [2.75, 3.05) is 19.0 Å². The highest BCUT2D eigenvalue weighted by Crippen LogP contribution is 2.36. The van der Waals surface area contributed by atoms with E-state index in [9.17, 15) is 4.79 Å². The molecule has 2 unspecified atom stereocenters. The number of benzene rings is 2. The predicted octanol–water partition coefficient (Wildman–Crippen LogP) is 5.02. The third-order valence-electron chi connectivity index (χ3n) is 5.95. The molecule has 2 aromatic carbocycles. The Morgan fingerprint density at radius 1 is 1.22 bits per heavy atom. The molecule has 0 saturated heterocycles. The molecule has 1 aromatic heterocycles. The minimum atomic E-state index is -0.124. The molecule has 6 nitrogen and oxygen atoms in total. The fourth-order valence-corrected chi connectivity index (χ4v) is 4.64. The molecule has 1 heterocycles. The van der Waals surface area contributed by atoms with Crippen molar-refractivity contribution in [3.63, 3.8) is 0 Å². The summed E-state index contributed by atoms with van der Waals surface area (Å²) in [5.41, 5.74) is 4.09. The zero-order valence-electron chi connectivity index (χ0n) is 18.8. The van der Waals surface area contributed by atoms with E-state index in [4.69, 9.17) is 26.1 Å². The van der Waals surface area contributed by atoms with Crippen LogP contribution < -0.4 is 15.6 Å². The monoisotopic (exact) mass is 453 g/mol. The first-order valence-electron chi connectivity index (χ1n) is 10.9. The molecule has 32 heavy (non-hydrogen) atoms. The third kappa shape index (κ3) is 4.00. The molecule has 1 N–H and O–H groups in total. The molecule has 0 bridgehead atoms. The summed E-state index contributed by atoms with van der Waals surface area (Å²) in [6.45, 7) is 6.85. The molecule has 3 aromatic rings. The summed E-state index contributed by atoms with van der Waals surface area (Å²) < 4.78 is 12.9. The van der Waals surface area contributed by atoms with Crippen molar-refractivity contribution in [1.29, 1.82) is 0 Å². The maximum Gasteiger partial charge on any atom is 0.277 e. The van der Waals surface area contributed by atoms with E-state index in [0.717, 1.165) is 12.0 Å². The molecule has 168 valence electrons. The Labute approximate surface area is 193 Å². The van der Waals surface area contributed by atoms with E-state index in [1.165, 1.54) is 5.56 Å². The smallest absolute Gasteiger partial charge is 0.277 e. The lowest BCUT2D eigenvalue weighted by Gasteiger charge is -2.24. The lowest BCUT2D eigenvalue weighted by Crippen LogP contribution is -2.31. The average Bonchev–Trinajstić information content (AvgIpc) is 3.13. The summed E-state index contributed by atoms with van der Waals surface area (Å²) in [5.74, 6) is 1.20. The van der Waals surface area contributed by atoms with Crippen LogP contribution in [0.15, 0.2) is 47.3 Å². The molecular weight excluding hydrogens is 426 g/mol. The number of anilines is 1.